The van der Waals surface area contributed by atoms with E-state index < -0.39 is 11.7 Å². The summed E-state index contributed by atoms with van der Waals surface area (Å²) in [6.45, 7) is 2.09. The Labute approximate surface area is 119 Å². The maximum atomic E-state index is 12.1. The lowest BCUT2D eigenvalue weighted by Crippen LogP contribution is -2.36. The Morgan fingerprint density at radius 1 is 1.26 bits per heavy atom. The van der Waals surface area contributed by atoms with Crippen LogP contribution < -0.4 is 4.90 Å². The van der Waals surface area contributed by atoms with Crippen LogP contribution in [0.1, 0.15) is 23.2 Å². The van der Waals surface area contributed by atoms with E-state index in [0.29, 0.717) is 22.5 Å². The molecule has 0 aromatic heterocycles. The van der Waals surface area contributed by atoms with E-state index in [2.05, 4.69) is 15.9 Å². The highest BCUT2D eigenvalue weighted by molar-refractivity contribution is 9.10. The first-order valence-corrected chi connectivity index (χ1v) is 7.20. The predicted octanol–water partition coefficient (Wildman–Crippen LogP) is 2.41. The average molecular weight is 324 g/mol. The second kappa shape index (κ2) is 5.06. The van der Waals surface area contributed by atoms with Crippen molar-refractivity contribution >= 4 is 33.3 Å². The zero-order valence-electron chi connectivity index (χ0n) is 10.4. The predicted molar refractivity (Wildman–Crippen MR) is 74.4 cm³/mol. The van der Waals surface area contributed by atoms with Gasteiger partial charge in [-0.25, -0.2) is 0 Å². The maximum Gasteiger partial charge on any atom is 0.299 e. The number of fused-ring (bicyclic) bond motifs is 1. The van der Waals surface area contributed by atoms with Crippen molar-refractivity contribution in [2.24, 2.45) is 5.92 Å². The molecule has 1 aromatic rings. The van der Waals surface area contributed by atoms with E-state index in [1.165, 1.54) is 0 Å². The number of benzene rings is 1. The molecule has 0 N–H and O–H groups in total. The molecule has 0 bridgehead atoms. The van der Waals surface area contributed by atoms with Crippen LogP contribution in [0.4, 0.5) is 5.69 Å². The van der Waals surface area contributed by atoms with Crippen molar-refractivity contribution in [2.75, 3.05) is 24.7 Å². The first-order valence-electron chi connectivity index (χ1n) is 6.41. The van der Waals surface area contributed by atoms with Gasteiger partial charge in [0.1, 0.15) is 0 Å². The number of ketones is 1. The largest absolute Gasteiger partial charge is 0.381 e. The average Bonchev–Trinajstić information content (AvgIpc) is 2.66. The molecule has 3 rings (SSSR count). The van der Waals surface area contributed by atoms with Crippen LogP contribution in [-0.4, -0.2) is 31.4 Å². The van der Waals surface area contributed by atoms with Gasteiger partial charge in [-0.1, -0.05) is 6.07 Å². The molecule has 2 aliphatic rings. The van der Waals surface area contributed by atoms with E-state index in [1.807, 2.05) is 12.1 Å². The standard InChI is InChI=1S/C14H14BrNO3/c15-10-2-1-3-11-12(10)13(17)14(18)16(11)8-9-4-6-19-7-5-9/h1-3,9H,4-8H2. The monoisotopic (exact) mass is 323 g/mol. The highest BCUT2D eigenvalue weighted by Crippen LogP contribution is 2.35. The maximum absolute atomic E-state index is 12.1. The summed E-state index contributed by atoms with van der Waals surface area (Å²) in [4.78, 5) is 25.8. The normalized spacial score (nSPS) is 19.9. The van der Waals surface area contributed by atoms with Crippen molar-refractivity contribution in [3.8, 4) is 0 Å². The van der Waals surface area contributed by atoms with E-state index >= 15 is 0 Å². The number of nitrogens with zero attached hydrogens (tertiary/aromatic N) is 1. The fourth-order valence-electron chi connectivity index (χ4n) is 2.67. The lowest BCUT2D eigenvalue weighted by molar-refractivity contribution is -0.114. The quantitative estimate of drug-likeness (QED) is 0.785. The third kappa shape index (κ3) is 2.21. The van der Waals surface area contributed by atoms with Crippen molar-refractivity contribution in [1.29, 1.82) is 0 Å². The molecule has 4 nitrogen and oxygen atoms in total. The fourth-order valence-corrected chi connectivity index (χ4v) is 3.21. The van der Waals surface area contributed by atoms with Crippen molar-refractivity contribution in [1.82, 2.24) is 0 Å². The molecule has 2 aliphatic heterocycles. The molecule has 1 saturated heterocycles. The number of hydrogen-bond acceptors (Lipinski definition) is 3. The first kappa shape index (κ1) is 12.8. The summed E-state index contributed by atoms with van der Waals surface area (Å²) in [5.41, 5.74) is 1.23. The van der Waals surface area contributed by atoms with E-state index in [9.17, 15) is 9.59 Å². The number of hydrogen-bond donors (Lipinski definition) is 0. The highest BCUT2D eigenvalue weighted by atomic mass is 79.9. The SMILES string of the molecule is O=C1C(=O)N(CC2CCOCC2)c2cccc(Br)c21. The van der Waals surface area contributed by atoms with Crippen LogP contribution in [0.5, 0.6) is 0 Å². The van der Waals surface area contributed by atoms with Gasteiger partial charge in [0.25, 0.3) is 11.7 Å². The van der Waals surface area contributed by atoms with Gasteiger partial charge in [0.2, 0.25) is 0 Å². The van der Waals surface area contributed by atoms with Crippen LogP contribution in [0.25, 0.3) is 0 Å². The first-order chi connectivity index (χ1) is 9.18. The molecule has 2 heterocycles. The van der Waals surface area contributed by atoms with E-state index in [4.69, 9.17) is 4.74 Å². The van der Waals surface area contributed by atoms with Crippen molar-refractivity contribution < 1.29 is 14.3 Å². The van der Waals surface area contributed by atoms with Crippen LogP contribution in [0.3, 0.4) is 0 Å². The Balaban J connectivity index is 1.88. The fraction of sp³-hybridized carbons (Fsp3) is 0.429. The van der Waals surface area contributed by atoms with Crippen LogP contribution >= 0.6 is 15.9 Å². The van der Waals surface area contributed by atoms with Crippen LogP contribution in [0.15, 0.2) is 22.7 Å². The molecule has 0 aliphatic carbocycles. The number of Topliss-reactive ketones (excluding diaryl/α,β-unsaturated/α-hetero) is 1. The van der Waals surface area contributed by atoms with Gasteiger partial charge in [0.05, 0.1) is 11.3 Å². The van der Waals surface area contributed by atoms with E-state index in [-0.39, 0.29) is 0 Å². The Kier molecular flexibility index (Phi) is 3.41. The number of halogens is 1. The zero-order valence-corrected chi connectivity index (χ0v) is 12.0. The minimum absolute atomic E-state index is 0.408. The summed E-state index contributed by atoms with van der Waals surface area (Å²) in [7, 11) is 0. The van der Waals surface area contributed by atoms with E-state index in [1.54, 1.807) is 11.0 Å². The van der Waals surface area contributed by atoms with Crippen molar-refractivity contribution in [2.45, 2.75) is 12.8 Å². The summed E-state index contributed by atoms with van der Waals surface area (Å²) in [5, 5.41) is 0. The molecule has 0 atom stereocenters. The molecule has 5 heteroatoms. The number of carbonyl (C=O) groups excluding carboxylic acids is 2. The third-order valence-electron chi connectivity index (χ3n) is 3.73. The third-order valence-corrected chi connectivity index (χ3v) is 4.39. The van der Waals surface area contributed by atoms with Gasteiger partial charge in [0, 0.05) is 24.2 Å². The second-order valence-electron chi connectivity index (χ2n) is 4.93. The topological polar surface area (TPSA) is 46.6 Å². The number of anilines is 1. The molecular weight excluding hydrogens is 310 g/mol. The summed E-state index contributed by atoms with van der Waals surface area (Å²) < 4.78 is 6.02. The number of ether oxygens (including phenoxy) is 1. The van der Waals surface area contributed by atoms with Crippen LogP contribution in [0.2, 0.25) is 0 Å². The molecule has 1 amide bonds. The molecule has 0 unspecified atom stereocenters. The lowest BCUT2D eigenvalue weighted by Gasteiger charge is -2.27. The van der Waals surface area contributed by atoms with Crippen LogP contribution in [-0.2, 0) is 9.53 Å². The van der Waals surface area contributed by atoms with Gasteiger partial charge >= 0.3 is 0 Å². The number of rotatable bonds is 2. The Morgan fingerprint density at radius 2 is 2.00 bits per heavy atom. The number of amides is 1. The molecule has 0 radical (unpaired) electrons. The number of carbonyl (C=O) groups is 2. The summed E-state index contributed by atoms with van der Waals surface area (Å²) in [5.74, 6) is -0.404. The van der Waals surface area contributed by atoms with Gasteiger partial charge in [-0.15, -0.1) is 0 Å². The van der Waals surface area contributed by atoms with Gasteiger partial charge in [-0.05, 0) is 46.8 Å². The Hall–Kier alpha value is -1.20. The lowest BCUT2D eigenvalue weighted by atomic mass is 10.00. The van der Waals surface area contributed by atoms with Crippen LogP contribution in [0, 0.1) is 5.92 Å². The minimum Gasteiger partial charge on any atom is -0.381 e. The molecule has 0 spiro atoms. The molecular formula is C14H14BrNO3. The molecule has 0 saturated carbocycles. The van der Waals surface area contributed by atoms with Crippen molar-refractivity contribution in [3.05, 3.63) is 28.2 Å². The van der Waals surface area contributed by atoms with Gasteiger partial charge < -0.3 is 9.64 Å². The van der Waals surface area contributed by atoms with Gasteiger partial charge in [-0.2, -0.15) is 0 Å². The second-order valence-corrected chi connectivity index (χ2v) is 5.79. The summed E-state index contributed by atoms with van der Waals surface area (Å²) in [6.07, 6.45) is 1.89. The molecule has 1 fully saturated rings. The van der Waals surface area contributed by atoms with E-state index in [0.717, 1.165) is 31.7 Å². The minimum atomic E-state index is -0.409. The molecule has 1 aromatic carbocycles. The van der Waals surface area contributed by atoms with Gasteiger partial charge in [0.15, 0.2) is 0 Å². The Morgan fingerprint density at radius 3 is 2.74 bits per heavy atom. The van der Waals surface area contributed by atoms with Gasteiger partial charge in [-0.3, -0.25) is 9.59 Å². The zero-order chi connectivity index (χ0) is 13.4. The smallest absolute Gasteiger partial charge is 0.299 e. The summed E-state index contributed by atoms with van der Waals surface area (Å²) in [6, 6.07) is 5.48. The molecule has 100 valence electrons. The Bertz CT molecular complexity index is 537. The molecule has 19 heavy (non-hydrogen) atoms. The highest BCUT2D eigenvalue weighted by Gasteiger charge is 2.38. The van der Waals surface area contributed by atoms with Crippen molar-refractivity contribution in [3.63, 3.8) is 0 Å². The summed E-state index contributed by atoms with van der Waals surface area (Å²) >= 11 is 3.35.